The van der Waals surface area contributed by atoms with Crippen molar-refractivity contribution in [3.8, 4) is 5.75 Å². The smallest absolute Gasteiger partial charge is 0.256 e. The summed E-state index contributed by atoms with van der Waals surface area (Å²) >= 11 is 0. The summed E-state index contributed by atoms with van der Waals surface area (Å²) < 4.78 is 5.11. The van der Waals surface area contributed by atoms with Crippen LogP contribution in [0, 0.1) is 13.8 Å². The highest BCUT2D eigenvalue weighted by atomic mass is 16.5. The topological polar surface area (TPSA) is 58.6 Å². The highest BCUT2D eigenvalue weighted by molar-refractivity contribution is 6.23. The van der Waals surface area contributed by atoms with Gasteiger partial charge in [-0.3, -0.25) is 9.59 Å². The molecule has 1 heterocycles. The van der Waals surface area contributed by atoms with Crippen molar-refractivity contribution in [1.82, 2.24) is 0 Å². The summed E-state index contributed by atoms with van der Waals surface area (Å²) in [6.07, 6.45) is 0.151. The molecule has 2 aromatic carbocycles. The SMILES string of the molecule is COc1ccc(N2C(=O)C[C@H](Nc3cccc(C)c3C)C2=O)cc1. The number of carbonyl (C=O) groups excluding carboxylic acids is 2. The number of anilines is 2. The second-order valence-corrected chi connectivity index (χ2v) is 5.91. The lowest BCUT2D eigenvalue weighted by molar-refractivity contribution is -0.121. The Morgan fingerprint density at radius 2 is 1.79 bits per heavy atom. The number of imide groups is 1. The van der Waals surface area contributed by atoms with Gasteiger partial charge in [0.25, 0.3) is 5.91 Å². The molecular weight excluding hydrogens is 304 g/mol. The summed E-state index contributed by atoms with van der Waals surface area (Å²) in [4.78, 5) is 26.2. The number of hydrogen-bond acceptors (Lipinski definition) is 4. The van der Waals surface area contributed by atoms with Gasteiger partial charge in [0.05, 0.1) is 19.2 Å². The summed E-state index contributed by atoms with van der Waals surface area (Å²) in [6, 6.07) is 12.3. The molecule has 0 radical (unpaired) electrons. The third-order valence-electron chi connectivity index (χ3n) is 4.41. The zero-order chi connectivity index (χ0) is 17.3. The van der Waals surface area contributed by atoms with E-state index in [0.29, 0.717) is 11.4 Å². The summed E-state index contributed by atoms with van der Waals surface area (Å²) in [5.41, 5.74) is 3.68. The van der Waals surface area contributed by atoms with E-state index in [1.807, 2.05) is 32.0 Å². The number of nitrogens with one attached hydrogen (secondary N) is 1. The Morgan fingerprint density at radius 1 is 1.08 bits per heavy atom. The molecule has 0 saturated carbocycles. The number of rotatable bonds is 4. The van der Waals surface area contributed by atoms with E-state index in [-0.39, 0.29) is 18.2 Å². The van der Waals surface area contributed by atoms with Crippen LogP contribution in [0.4, 0.5) is 11.4 Å². The molecule has 0 aliphatic carbocycles. The molecule has 1 aliphatic heterocycles. The van der Waals surface area contributed by atoms with Crippen LogP contribution in [-0.4, -0.2) is 25.0 Å². The molecule has 0 spiro atoms. The lowest BCUT2D eigenvalue weighted by Crippen LogP contribution is -2.34. The van der Waals surface area contributed by atoms with Crippen LogP contribution in [0.15, 0.2) is 42.5 Å². The van der Waals surface area contributed by atoms with E-state index in [9.17, 15) is 9.59 Å². The third-order valence-corrected chi connectivity index (χ3v) is 4.41. The van der Waals surface area contributed by atoms with Gasteiger partial charge in [-0.25, -0.2) is 4.90 Å². The van der Waals surface area contributed by atoms with Crippen LogP contribution in [-0.2, 0) is 9.59 Å². The van der Waals surface area contributed by atoms with Crippen molar-refractivity contribution in [3.63, 3.8) is 0 Å². The van der Waals surface area contributed by atoms with Gasteiger partial charge in [0.1, 0.15) is 11.8 Å². The number of ether oxygens (including phenoxy) is 1. The van der Waals surface area contributed by atoms with Crippen LogP contribution in [0.5, 0.6) is 5.75 Å². The molecule has 5 heteroatoms. The van der Waals surface area contributed by atoms with E-state index in [4.69, 9.17) is 4.74 Å². The molecular formula is C19H20N2O3. The maximum atomic E-state index is 12.7. The molecule has 2 amide bonds. The van der Waals surface area contributed by atoms with Gasteiger partial charge in [-0.05, 0) is 55.3 Å². The molecule has 24 heavy (non-hydrogen) atoms. The van der Waals surface area contributed by atoms with Gasteiger partial charge >= 0.3 is 0 Å². The minimum Gasteiger partial charge on any atom is -0.497 e. The zero-order valence-corrected chi connectivity index (χ0v) is 14.0. The molecule has 0 bridgehead atoms. The van der Waals surface area contributed by atoms with Crippen molar-refractivity contribution in [1.29, 1.82) is 0 Å². The Hall–Kier alpha value is -2.82. The van der Waals surface area contributed by atoms with Gasteiger partial charge in [-0.1, -0.05) is 12.1 Å². The van der Waals surface area contributed by atoms with Crippen molar-refractivity contribution >= 4 is 23.2 Å². The van der Waals surface area contributed by atoms with Crippen molar-refractivity contribution < 1.29 is 14.3 Å². The lowest BCUT2D eigenvalue weighted by atomic mass is 10.1. The van der Waals surface area contributed by atoms with Gasteiger partial charge in [0, 0.05) is 5.69 Å². The van der Waals surface area contributed by atoms with Crippen molar-refractivity contribution in [3.05, 3.63) is 53.6 Å². The Bertz CT molecular complexity index is 784. The van der Waals surface area contributed by atoms with Crippen molar-refractivity contribution in [2.45, 2.75) is 26.3 Å². The number of carbonyl (C=O) groups is 2. The van der Waals surface area contributed by atoms with Gasteiger partial charge in [-0.15, -0.1) is 0 Å². The first-order valence-corrected chi connectivity index (χ1v) is 7.85. The highest BCUT2D eigenvalue weighted by Gasteiger charge is 2.39. The van der Waals surface area contributed by atoms with E-state index < -0.39 is 6.04 Å². The van der Waals surface area contributed by atoms with E-state index in [1.165, 1.54) is 4.90 Å². The van der Waals surface area contributed by atoms with Crippen LogP contribution in [0.3, 0.4) is 0 Å². The van der Waals surface area contributed by atoms with Crippen molar-refractivity contribution in [2.24, 2.45) is 0 Å². The molecule has 124 valence electrons. The summed E-state index contributed by atoms with van der Waals surface area (Å²) in [5.74, 6) is 0.252. The maximum absolute atomic E-state index is 12.7. The third kappa shape index (κ3) is 2.85. The zero-order valence-electron chi connectivity index (χ0n) is 14.0. The highest BCUT2D eigenvalue weighted by Crippen LogP contribution is 2.28. The van der Waals surface area contributed by atoms with Crippen LogP contribution in [0.2, 0.25) is 0 Å². The average Bonchev–Trinajstić information content (AvgIpc) is 2.86. The van der Waals surface area contributed by atoms with Crippen LogP contribution in [0.1, 0.15) is 17.5 Å². The predicted octanol–water partition coefficient (Wildman–Crippen LogP) is 3.06. The Kier molecular flexibility index (Phi) is 4.25. The van der Waals surface area contributed by atoms with Crippen molar-refractivity contribution in [2.75, 3.05) is 17.3 Å². The number of nitrogens with zero attached hydrogens (tertiary/aromatic N) is 1. The number of aryl methyl sites for hydroxylation is 1. The largest absolute Gasteiger partial charge is 0.497 e. The average molecular weight is 324 g/mol. The monoisotopic (exact) mass is 324 g/mol. The molecule has 0 unspecified atom stereocenters. The summed E-state index contributed by atoms with van der Waals surface area (Å²) in [7, 11) is 1.57. The Morgan fingerprint density at radius 3 is 2.46 bits per heavy atom. The molecule has 1 aliphatic rings. The summed E-state index contributed by atoms with van der Waals surface area (Å²) in [6.45, 7) is 4.02. The normalized spacial score (nSPS) is 17.3. The number of benzene rings is 2. The quantitative estimate of drug-likeness (QED) is 0.878. The molecule has 1 atom stereocenters. The fourth-order valence-corrected chi connectivity index (χ4v) is 2.84. The fraction of sp³-hybridized carbons (Fsp3) is 0.263. The van der Waals surface area contributed by atoms with Gasteiger partial charge in [-0.2, -0.15) is 0 Å². The van der Waals surface area contributed by atoms with E-state index in [2.05, 4.69) is 5.32 Å². The standard InChI is InChI=1S/C19H20N2O3/c1-12-5-4-6-16(13(12)2)20-17-11-18(22)21(19(17)23)14-7-9-15(24-3)10-8-14/h4-10,17,20H,11H2,1-3H3/t17-/m0/s1. The maximum Gasteiger partial charge on any atom is 0.256 e. The first-order valence-electron chi connectivity index (χ1n) is 7.85. The molecule has 0 aromatic heterocycles. The predicted molar refractivity (Wildman–Crippen MR) is 93.4 cm³/mol. The molecule has 2 aromatic rings. The number of amides is 2. The van der Waals surface area contributed by atoms with E-state index in [0.717, 1.165) is 16.8 Å². The first kappa shape index (κ1) is 16.1. The molecule has 1 N–H and O–H groups in total. The lowest BCUT2D eigenvalue weighted by Gasteiger charge is -2.18. The minimum atomic E-state index is -0.542. The van der Waals surface area contributed by atoms with Gasteiger partial charge < -0.3 is 10.1 Å². The minimum absolute atomic E-state index is 0.151. The molecule has 1 saturated heterocycles. The molecule has 5 nitrogen and oxygen atoms in total. The number of methoxy groups -OCH3 is 1. The van der Waals surface area contributed by atoms with Crippen LogP contribution < -0.4 is 15.0 Å². The number of hydrogen-bond donors (Lipinski definition) is 1. The van der Waals surface area contributed by atoms with Gasteiger partial charge in [0.15, 0.2) is 0 Å². The molecule has 3 rings (SSSR count). The fourth-order valence-electron chi connectivity index (χ4n) is 2.84. The second-order valence-electron chi connectivity index (χ2n) is 5.91. The second kappa shape index (κ2) is 6.35. The van der Waals surface area contributed by atoms with Gasteiger partial charge in [0.2, 0.25) is 5.91 Å². The Labute approximate surface area is 141 Å². The Balaban J connectivity index is 1.82. The van der Waals surface area contributed by atoms with E-state index in [1.54, 1.807) is 31.4 Å². The first-order chi connectivity index (χ1) is 11.5. The van der Waals surface area contributed by atoms with Crippen LogP contribution >= 0.6 is 0 Å². The molecule has 1 fully saturated rings. The summed E-state index contributed by atoms with van der Waals surface area (Å²) in [5, 5.41) is 3.22. The van der Waals surface area contributed by atoms with Crippen LogP contribution in [0.25, 0.3) is 0 Å². The van der Waals surface area contributed by atoms with E-state index >= 15 is 0 Å².